The molecule has 1 amide bonds. The van der Waals surface area contributed by atoms with E-state index in [2.05, 4.69) is 12.0 Å². The van der Waals surface area contributed by atoms with Gasteiger partial charge in [0.25, 0.3) is 5.91 Å². The standard InChI is InChI=1S/C15H17FN2O2S/c1-2-3-4-8-20-9-10-13-11(16)6-5-7-12(13)21-14(10)15(19)18-17/h2,5-7H,1,3-4,8-9,17H2,(H,18,19). The summed E-state index contributed by atoms with van der Waals surface area (Å²) in [7, 11) is 0. The summed E-state index contributed by atoms with van der Waals surface area (Å²) in [6, 6.07) is 4.77. The zero-order chi connectivity index (χ0) is 15.2. The van der Waals surface area contributed by atoms with Crippen LogP contribution in [0.15, 0.2) is 30.9 Å². The summed E-state index contributed by atoms with van der Waals surface area (Å²) in [4.78, 5) is 12.2. The summed E-state index contributed by atoms with van der Waals surface area (Å²) in [5.74, 6) is 4.40. The molecule has 1 aromatic carbocycles. The molecule has 0 spiro atoms. The first-order chi connectivity index (χ1) is 10.2. The minimum absolute atomic E-state index is 0.181. The van der Waals surface area contributed by atoms with Crippen molar-refractivity contribution in [1.29, 1.82) is 0 Å². The van der Waals surface area contributed by atoms with E-state index >= 15 is 0 Å². The van der Waals surface area contributed by atoms with Crippen LogP contribution in [0.3, 0.4) is 0 Å². The fraction of sp³-hybridized carbons (Fsp3) is 0.267. The highest BCUT2D eigenvalue weighted by atomic mass is 32.1. The number of carbonyl (C=O) groups is 1. The number of hydrogen-bond donors (Lipinski definition) is 2. The van der Waals surface area contributed by atoms with Crippen molar-refractivity contribution in [1.82, 2.24) is 5.43 Å². The SMILES string of the molecule is C=CCCCOCc1c(C(=O)NN)sc2cccc(F)c12. The maximum Gasteiger partial charge on any atom is 0.275 e. The highest BCUT2D eigenvalue weighted by molar-refractivity contribution is 7.21. The van der Waals surface area contributed by atoms with Gasteiger partial charge in [-0.25, -0.2) is 10.2 Å². The van der Waals surface area contributed by atoms with Gasteiger partial charge in [0.05, 0.1) is 6.61 Å². The molecule has 0 aliphatic heterocycles. The van der Waals surface area contributed by atoms with Crippen LogP contribution in [0.4, 0.5) is 4.39 Å². The van der Waals surface area contributed by atoms with E-state index < -0.39 is 5.91 Å². The Morgan fingerprint density at radius 3 is 3.05 bits per heavy atom. The molecular weight excluding hydrogens is 291 g/mol. The molecule has 0 fully saturated rings. The largest absolute Gasteiger partial charge is 0.377 e. The monoisotopic (exact) mass is 308 g/mol. The lowest BCUT2D eigenvalue weighted by atomic mass is 10.1. The topological polar surface area (TPSA) is 64.3 Å². The molecule has 0 aliphatic rings. The van der Waals surface area contributed by atoms with Crippen LogP contribution in [0.1, 0.15) is 28.1 Å². The van der Waals surface area contributed by atoms with E-state index in [0.717, 1.165) is 12.8 Å². The lowest BCUT2D eigenvalue weighted by molar-refractivity contribution is 0.0945. The fourth-order valence-corrected chi connectivity index (χ4v) is 3.18. The molecule has 0 radical (unpaired) electrons. The summed E-state index contributed by atoms with van der Waals surface area (Å²) in [5.41, 5.74) is 2.64. The zero-order valence-corrected chi connectivity index (χ0v) is 12.3. The number of hydrogen-bond acceptors (Lipinski definition) is 4. The molecule has 0 unspecified atom stereocenters. The van der Waals surface area contributed by atoms with Crippen LogP contribution in [0, 0.1) is 5.82 Å². The van der Waals surface area contributed by atoms with E-state index in [1.165, 1.54) is 17.4 Å². The predicted octanol–water partition coefficient (Wildman–Crippen LogP) is 3.13. The van der Waals surface area contributed by atoms with Crippen LogP contribution in [0.5, 0.6) is 0 Å². The number of carbonyl (C=O) groups excluding carboxylic acids is 1. The van der Waals surface area contributed by atoms with E-state index in [4.69, 9.17) is 10.6 Å². The van der Waals surface area contributed by atoms with Gasteiger partial charge in [0.15, 0.2) is 0 Å². The van der Waals surface area contributed by atoms with Crippen LogP contribution < -0.4 is 11.3 Å². The summed E-state index contributed by atoms with van der Waals surface area (Å²) < 4.78 is 20.3. The number of amides is 1. The number of halogens is 1. The van der Waals surface area contributed by atoms with Crippen LogP contribution in [-0.4, -0.2) is 12.5 Å². The van der Waals surface area contributed by atoms with Gasteiger partial charge in [0, 0.05) is 22.3 Å². The Labute approximate surface area is 126 Å². The average Bonchev–Trinajstić information content (AvgIpc) is 2.86. The van der Waals surface area contributed by atoms with E-state index in [1.807, 2.05) is 6.08 Å². The quantitative estimate of drug-likeness (QED) is 0.271. The zero-order valence-electron chi connectivity index (χ0n) is 11.5. The third-order valence-corrected chi connectivity index (χ3v) is 4.24. The molecular formula is C15H17FN2O2S. The number of nitrogen functional groups attached to an aromatic ring is 1. The van der Waals surface area contributed by atoms with Gasteiger partial charge in [0.1, 0.15) is 10.7 Å². The van der Waals surface area contributed by atoms with Crippen molar-refractivity contribution in [2.24, 2.45) is 5.84 Å². The Bertz CT molecular complexity index is 654. The molecule has 1 heterocycles. The summed E-state index contributed by atoms with van der Waals surface area (Å²) in [5, 5.41) is 0.435. The Kier molecular flexibility index (Phi) is 5.44. The van der Waals surface area contributed by atoms with Gasteiger partial charge in [-0.1, -0.05) is 12.1 Å². The number of nitrogens with one attached hydrogen (secondary N) is 1. The van der Waals surface area contributed by atoms with Crippen molar-refractivity contribution < 1.29 is 13.9 Å². The van der Waals surface area contributed by atoms with Crippen molar-refractivity contribution in [3.8, 4) is 0 Å². The highest BCUT2D eigenvalue weighted by Gasteiger charge is 2.20. The molecule has 0 saturated carbocycles. The molecule has 1 aromatic heterocycles. The van der Waals surface area contributed by atoms with Gasteiger partial charge >= 0.3 is 0 Å². The van der Waals surface area contributed by atoms with E-state index in [1.54, 1.807) is 12.1 Å². The van der Waals surface area contributed by atoms with Gasteiger partial charge in [-0.3, -0.25) is 10.2 Å². The molecule has 6 heteroatoms. The molecule has 0 bridgehead atoms. The van der Waals surface area contributed by atoms with E-state index in [9.17, 15) is 9.18 Å². The van der Waals surface area contributed by atoms with Gasteiger partial charge in [0.2, 0.25) is 0 Å². The maximum atomic E-state index is 14.0. The first kappa shape index (κ1) is 15.6. The molecule has 21 heavy (non-hydrogen) atoms. The summed E-state index contributed by atoms with van der Waals surface area (Å²) >= 11 is 1.21. The first-order valence-corrected chi connectivity index (χ1v) is 7.40. The number of nitrogens with two attached hydrogens (primary N) is 1. The molecule has 2 rings (SSSR count). The van der Waals surface area contributed by atoms with Crippen molar-refractivity contribution in [2.75, 3.05) is 6.61 Å². The van der Waals surface area contributed by atoms with Gasteiger partial charge < -0.3 is 4.74 Å². The second kappa shape index (κ2) is 7.31. The minimum atomic E-state index is -0.430. The number of fused-ring (bicyclic) bond motifs is 1. The number of thiophene rings is 1. The average molecular weight is 308 g/mol. The number of rotatable bonds is 7. The molecule has 3 N–H and O–H groups in total. The van der Waals surface area contributed by atoms with E-state index in [-0.39, 0.29) is 12.4 Å². The van der Waals surface area contributed by atoms with Crippen LogP contribution in [-0.2, 0) is 11.3 Å². The Balaban J connectivity index is 2.29. The highest BCUT2D eigenvalue weighted by Crippen LogP contribution is 2.33. The predicted molar refractivity (Wildman–Crippen MR) is 82.5 cm³/mol. The lowest BCUT2D eigenvalue weighted by Gasteiger charge is -2.06. The van der Waals surface area contributed by atoms with Crippen LogP contribution in [0.2, 0.25) is 0 Å². The molecule has 112 valence electrons. The minimum Gasteiger partial charge on any atom is -0.377 e. The van der Waals surface area contributed by atoms with Crippen molar-refractivity contribution >= 4 is 27.3 Å². The third-order valence-electron chi connectivity index (χ3n) is 3.04. The fourth-order valence-electron chi connectivity index (χ4n) is 2.06. The van der Waals surface area contributed by atoms with Gasteiger partial charge in [-0.15, -0.1) is 17.9 Å². The first-order valence-electron chi connectivity index (χ1n) is 6.58. The summed E-state index contributed by atoms with van der Waals surface area (Å²) in [6.07, 6.45) is 3.51. The molecule has 2 aromatic rings. The van der Waals surface area contributed by atoms with E-state index in [0.29, 0.717) is 27.1 Å². The Morgan fingerprint density at radius 1 is 1.52 bits per heavy atom. The normalized spacial score (nSPS) is 10.8. The Morgan fingerprint density at radius 2 is 2.33 bits per heavy atom. The van der Waals surface area contributed by atoms with Gasteiger partial charge in [-0.2, -0.15) is 0 Å². The number of unbranched alkanes of at least 4 members (excludes halogenated alkanes) is 1. The third kappa shape index (κ3) is 3.47. The second-order valence-electron chi connectivity index (χ2n) is 4.48. The number of allylic oxidation sites excluding steroid dienone is 1. The molecule has 0 saturated heterocycles. The smallest absolute Gasteiger partial charge is 0.275 e. The van der Waals surface area contributed by atoms with Crippen molar-refractivity contribution in [3.63, 3.8) is 0 Å². The molecule has 0 atom stereocenters. The lowest BCUT2D eigenvalue weighted by Crippen LogP contribution is -2.30. The number of ether oxygens (including phenoxy) is 1. The Hall–Kier alpha value is -1.76. The second-order valence-corrected chi connectivity index (χ2v) is 5.53. The number of benzene rings is 1. The number of hydrazine groups is 1. The van der Waals surface area contributed by atoms with Crippen molar-refractivity contribution in [2.45, 2.75) is 19.4 Å². The van der Waals surface area contributed by atoms with Crippen molar-refractivity contribution in [3.05, 3.63) is 47.1 Å². The maximum absolute atomic E-state index is 14.0. The van der Waals surface area contributed by atoms with Crippen LogP contribution >= 0.6 is 11.3 Å². The van der Waals surface area contributed by atoms with Crippen LogP contribution in [0.25, 0.3) is 10.1 Å². The molecule has 4 nitrogen and oxygen atoms in total. The summed E-state index contributed by atoms with van der Waals surface area (Å²) in [6.45, 7) is 4.35. The molecule has 0 aliphatic carbocycles. The van der Waals surface area contributed by atoms with Gasteiger partial charge in [-0.05, 0) is 25.0 Å².